The minimum atomic E-state index is 0.868. The fourth-order valence-corrected chi connectivity index (χ4v) is 4.40. The third kappa shape index (κ3) is 5.01. The second-order valence-electron chi connectivity index (χ2n) is 4.54. The third-order valence-electron chi connectivity index (χ3n) is 2.86. The third-order valence-corrected chi connectivity index (χ3v) is 5.48. The van der Waals surface area contributed by atoms with Crippen molar-refractivity contribution in [3.05, 3.63) is 34.4 Å². The molecule has 19 heavy (non-hydrogen) atoms. The maximum atomic E-state index is 5.62. The summed E-state index contributed by atoms with van der Waals surface area (Å²) in [5.74, 6) is 2.11. The highest BCUT2D eigenvalue weighted by atomic mass is 32.2. The van der Waals surface area contributed by atoms with Gasteiger partial charge in [-0.05, 0) is 61.4 Å². The van der Waals surface area contributed by atoms with E-state index >= 15 is 0 Å². The molecule has 0 unspecified atom stereocenters. The summed E-state index contributed by atoms with van der Waals surface area (Å²) in [6, 6.07) is 4.49. The second kappa shape index (κ2) is 8.18. The van der Waals surface area contributed by atoms with Crippen molar-refractivity contribution in [1.29, 1.82) is 0 Å². The molecule has 106 valence electrons. The highest BCUT2D eigenvalue weighted by molar-refractivity contribution is 8.13. The van der Waals surface area contributed by atoms with E-state index in [1.165, 1.54) is 22.3 Å². The molecule has 1 nitrogen and oxygen atoms in total. The summed E-state index contributed by atoms with van der Waals surface area (Å²) in [5.41, 5.74) is 5.41. The van der Waals surface area contributed by atoms with Crippen molar-refractivity contribution in [2.24, 2.45) is 0 Å². The van der Waals surface area contributed by atoms with Crippen molar-refractivity contribution in [1.82, 2.24) is 3.71 Å². The Kier molecular flexibility index (Phi) is 7.26. The first-order valence-electron chi connectivity index (χ1n) is 6.65. The molecule has 0 aliphatic heterocycles. The Balaban J connectivity index is 2.86. The average Bonchev–Trinajstić information content (AvgIpc) is 2.33. The first-order valence-corrected chi connectivity index (χ1v) is 8.94. The molecular formula is C15H23NS3. The van der Waals surface area contributed by atoms with E-state index in [0.717, 1.165) is 22.9 Å². The molecule has 0 aliphatic carbocycles. The van der Waals surface area contributed by atoms with Gasteiger partial charge in [0.1, 0.15) is 4.99 Å². The molecule has 0 amide bonds. The van der Waals surface area contributed by atoms with Crippen molar-refractivity contribution in [3.63, 3.8) is 0 Å². The van der Waals surface area contributed by atoms with E-state index in [4.69, 9.17) is 12.2 Å². The number of hydrogen-bond acceptors (Lipinski definition) is 3. The summed E-state index contributed by atoms with van der Waals surface area (Å²) < 4.78 is 2.20. The van der Waals surface area contributed by atoms with Gasteiger partial charge in [0.15, 0.2) is 0 Å². The van der Waals surface area contributed by atoms with Gasteiger partial charge in [-0.3, -0.25) is 3.71 Å². The maximum absolute atomic E-state index is 5.62. The molecule has 4 heteroatoms. The van der Waals surface area contributed by atoms with Gasteiger partial charge in [0.05, 0.1) is 0 Å². The molecular weight excluding hydrogens is 290 g/mol. The zero-order valence-electron chi connectivity index (χ0n) is 12.4. The fraction of sp³-hybridized carbons (Fsp3) is 0.533. The lowest BCUT2D eigenvalue weighted by Crippen LogP contribution is -2.19. The zero-order chi connectivity index (χ0) is 14.4. The molecule has 0 radical (unpaired) electrons. The first kappa shape index (κ1) is 16.9. The lowest BCUT2D eigenvalue weighted by Gasteiger charge is -2.22. The zero-order valence-corrected chi connectivity index (χ0v) is 14.9. The van der Waals surface area contributed by atoms with E-state index in [1.807, 2.05) is 0 Å². The van der Waals surface area contributed by atoms with Crippen LogP contribution in [0.4, 0.5) is 0 Å². The van der Waals surface area contributed by atoms with Crippen molar-refractivity contribution in [2.75, 3.05) is 11.5 Å². The second-order valence-corrected chi connectivity index (χ2v) is 7.64. The highest BCUT2D eigenvalue weighted by Gasteiger charge is 2.13. The van der Waals surface area contributed by atoms with Crippen LogP contribution in [-0.2, 0) is 6.42 Å². The summed E-state index contributed by atoms with van der Waals surface area (Å²) in [7, 11) is 0. The summed E-state index contributed by atoms with van der Waals surface area (Å²) in [5, 5.41) is 0. The van der Waals surface area contributed by atoms with Gasteiger partial charge in [-0.2, -0.15) is 0 Å². The van der Waals surface area contributed by atoms with Crippen LogP contribution in [0.3, 0.4) is 0 Å². The highest BCUT2D eigenvalue weighted by Crippen LogP contribution is 2.26. The van der Waals surface area contributed by atoms with Crippen LogP contribution in [0.25, 0.3) is 0 Å². The van der Waals surface area contributed by atoms with Crippen LogP contribution in [-0.4, -0.2) is 20.2 Å². The van der Waals surface area contributed by atoms with Gasteiger partial charge in [-0.1, -0.05) is 43.8 Å². The monoisotopic (exact) mass is 313 g/mol. The van der Waals surface area contributed by atoms with Crippen molar-refractivity contribution < 1.29 is 0 Å². The van der Waals surface area contributed by atoms with Crippen LogP contribution < -0.4 is 0 Å². The molecule has 1 aromatic rings. The standard InChI is InChI=1S/C15H23NS3/c1-6-18-16(19-7-2)15(17)10-14-12(4)8-11(3)9-13(14)5/h8-9H,6-7,10H2,1-5H3. The SMILES string of the molecule is CCSN(SCC)C(=S)Cc1c(C)cc(C)cc1C. The van der Waals surface area contributed by atoms with Gasteiger partial charge in [-0.15, -0.1) is 0 Å². The molecule has 0 bridgehead atoms. The van der Waals surface area contributed by atoms with Gasteiger partial charge >= 0.3 is 0 Å². The molecule has 0 atom stereocenters. The Morgan fingerprint density at radius 3 is 1.95 bits per heavy atom. The normalized spacial score (nSPS) is 10.6. The van der Waals surface area contributed by atoms with Crippen LogP contribution in [0.1, 0.15) is 36.1 Å². The molecule has 1 aromatic carbocycles. The number of thiocarbonyl (C=S) groups is 1. The number of hydrogen-bond donors (Lipinski definition) is 0. The fourth-order valence-electron chi connectivity index (χ4n) is 2.12. The predicted molar refractivity (Wildman–Crippen MR) is 95.1 cm³/mol. The van der Waals surface area contributed by atoms with E-state index in [0.29, 0.717) is 0 Å². The summed E-state index contributed by atoms with van der Waals surface area (Å²) in [6.07, 6.45) is 0.868. The van der Waals surface area contributed by atoms with Gasteiger partial charge in [0.2, 0.25) is 0 Å². The quantitative estimate of drug-likeness (QED) is 0.529. The van der Waals surface area contributed by atoms with Gasteiger partial charge < -0.3 is 0 Å². The predicted octanol–water partition coefficient (Wildman–Crippen LogP) is 5.12. The minimum absolute atomic E-state index is 0.868. The number of benzene rings is 1. The maximum Gasteiger partial charge on any atom is 0.104 e. The van der Waals surface area contributed by atoms with Crippen molar-refractivity contribution in [2.45, 2.75) is 41.0 Å². The van der Waals surface area contributed by atoms with E-state index in [2.05, 4.69) is 50.5 Å². The molecule has 0 spiro atoms. The van der Waals surface area contributed by atoms with Gasteiger partial charge in [0.25, 0.3) is 0 Å². The lowest BCUT2D eigenvalue weighted by atomic mass is 9.97. The Bertz CT molecular complexity index is 414. The summed E-state index contributed by atoms with van der Waals surface area (Å²) in [6.45, 7) is 10.8. The molecule has 0 heterocycles. The molecule has 0 saturated heterocycles. The largest absolute Gasteiger partial charge is 0.252 e. The number of nitrogens with zero attached hydrogens (tertiary/aromatic N) is 1. The molecule has 0 N–H and O–H groups in total. The van der Waals surface area contributed by atoms with E-state index in [1.54, 1.807) is 23.9 Å². The average molecular weight is 314 g/mol. The summed E-state index contributed by atoms with van der Waals surface area (Å²) in [4.78, 5) is 1.02. The molecule has 0 aromatic heterocycles. The van der Waals surface area contributed by atoms with Crippen molar-refractivity contribution >= 4 is 41.1 Å². The molecule has 1 rings (SSSR count). The molecule has 0 saturated carbocycles. The Morgan fingerprint density at radius 2 is 1.53 bits per heavy atom. The Hall–Kier alpha value is -0.190. The topological polar surface area (TPSA) is 3.24 Å². The van der Waals surface area contributed by atoms with Crippen molar-refractivity contribution in [3.8, 4) is 0 Å². The van der Waals surface area contributed by atoms with E-state index in [-0.39, 0.29) is 0 Å². The van der Waals surface area contributed by atoms with Gasteiger partial charge in [0, 0.05) is 17.9 Å². The Morgan fingerprint density at radius 1 is 1.05 bits per heavy atom. The first-order chi connectivity index (χ1) is 8.99. The van der Waals surface area contributed by atoms with Crippen LogP contribution in [0, 0.1) is 20.8 Å². The van der Waals surface area contributed by atoms with Crippen LogP contribution in [0.5, 0.6) is 0 Å². The van der Waals surface area contributed by atoms with Gasteiger partial charge in [-0.25, -0.2) is 0 Å². The molecule has 0 fully saturated rings. The summed E-state index contributed by atoms with van der Waals surface area (Å²) >= 11 is 9.22. The minimum Gasteiger partial charge on any atom is -0.252 e. The van der Waals surface area contributed by atoms with Crippen LogP contribution in [0.2, 0.25) is 0 Å². The van der Waals surface area contributed by atoms with Crippen LogP contribution >= 0.6 is 36.1 Å². The lowest BCUT2D eigenvalue weighted by molar-refractivity contribution is 1.07. The van der Waals surface area contributed by atoms with E-state index in [9.17, 15) is 0 Å². The molecule has 0 aliphatic rings. The van der Waals surface area contributed by atoms with E-state index < -0.39 is 0 Å². The number of aryl methyl sites for hydroxylation is 3. The smallest absolute Gasteiger partial charge is 0.104 e. The van der Waals surface area contributed by atoms with Crippen LogP contribution in [0.15, 0.2) is 12.1 Å². The number of rotatable bonds is 6. The Labute approximate surface area is 131 Å².